The first kappa shape index (κ1) is 20.1. The Bertz CT molecular complexity index is 781. The third kappa shape index (κ3) is 5.20. The lowest BCUT2D eigenvalue weighted by molar-refractivity contribution is -0.117. The molecule has 0 aliphatic carbocycles. The van der Waals surface area contributed by atoms with Gasteiger partial charge in [-0.1, -0.05) is 25.1 Å². The van der Waals surface area contributed by atoms with Gasteiger partial charge in [-0.05, 0) is 75.2 Å². The van der Waals surface area contributed by atoms with Crippen molar-refractivity contribution < 1.29 is 9.59 Å². The third-order valence-corrected chi connectivity index (χ3v) is 5.29. The number of hydrogen-bond donors (Lipinski definition) is 1. The molecule has 0 atom stereocenters. The highest BCUT2D eigenvalue weighted by Crippen LogP contribution is 2.19. The Balaban J connectivity index is 1.58. The lowest BCUT2D eigenvalue weighted by Gasteiger charge is -2.29. The monoisotopic (exact) mass is 379 g/mol. The van der Waals surface area contributed by atoms with Crippen LogP contribution in [0.15, 0.2) is 54.6 Å². The maximum absolute atomic E-state index is 12.8. The summed E-state index contributed by atoms with van der Waals surface area (Å²) in [5, 5.41) is 2.94. The van der Waals surface area contributed by atoms with Crippen LogP contribution in [0.5, 0.6) is 0 Å². The summed E-state index contributed by atoms with van der Waals surface area (Å²) < 4.78 is 0. The highest BCUT2D eigenvalue weighted by atomic mass is 16.2. The fourth-order valence-corrected chi connectivity index (χ4v) is 3.53. The topological polar surface area (TPSA) is 52.7 Å². The van der Waals surface area contributed by atoms with Gasteiger partial charge in [-0.2, -0.15) is 0 Å². The van der Waals surface area contributed by atoms with Crippen LogP contribution in [-0.2, 0) is 4.79 Å². The molecular formula is C23H29N3O2. The SMILES string of the molecule is CCN(C(=O)c1ccc(NC(=O)CN2CCC(C)CC2)cc1)c1ccccc1. The zero-order chi connectivity index (χ0) is 19.9. The molecule has 1 fully saturated rings. The van der Waals surface area contributed by atoms with Crippen LogP contribution < -0.4 is 10.2 Å². The van der Waals surface area contributed by atoms with Gasteiger partial charge in [-0.15, -0.1) is 0 Å². The average Bonchev–Trinajstić information content (AvgIpc) is 2.71. The van der Waals surface area contributed by atoms with Crippen molar-refractivity contribution in [1.29, 1.82) is 0 Å². The summed E-state index contributed by atoms with van der Waals surface area (Å²) in [5.41, 5.74) is 2.20. The number of amides is 2. The summed E-state index contributed by atoms with van der Waals surface area (Å²) in [6.07, 6.45) is 2.30. The molecule has 0 aromatic heterocycles. The number of nitrogens with one attached hydrogen (secondary N) is 1. The van der Waals surface area contributed by atoms with Gasteiger partial charge in [0.1, 0.15) is 0 Å². The van der Waals surface area contributed by atoms with Gasteiger partial charge >= 0.3 is 0 Å². The first-order chi connectivity index (χ1) is 13.6. The lowest BCUT2D eigenvalue weighted by Crippen LogP contribution is -2.38. The Labute approximate surface area is 167 Å². The van der Waals surface area contributed by atoms with Crippen LogP contribution in [-0.4, -0.2) is 42.9 Å². The van der Waals surface area contributed by atoms with E-state index < -0.39 is 0 Å². The van der Waals surface area contributed by atoms with Gasteiger partial charge in [0.25, 0.3) is 5.91 Å². The summed E-state index contributed by atoms with van der Waals surface area (Å²) in [7, 11) is 0. The number of carbonyl (C=O) groups is 2. The fraction of sp³-hybridized carbons (Fsp3) is 0.391. The van der Waals surface area contributed by atoms with Crippen LogP contribution in [0.1, 0.15) is 37.0 Å². The molecule has 5 nitrogen and oxygen atoms in total. The maximum atomic E-state index is 12.8. The first-order valence-electron chi connectivity index (χ1n) is 10.1. The van der Waals surface area contributed by atoms with Crippen molar-refractivity contribution in [3.8, 4) is 0 Å². The van der Waals surface area contributed by atoms with Crippen molar-refractivity contribution in [2.24, 2.45) is 5.92 Å². The quantitative estimate of drug-likeness (QED) is 0.825. The van der Waals surface area contributed by atoms with E-state index in [4.69, 9.17) is 0 Å². The standard InChI is InChI=1S/C23H29N3O2/c1-3-26(21-7-5-4-6-8-21)23(28)19-9-11-20(12-10-19)24-22(27)17-25-15-13-18(2)14-16-25/h4-12,18H,3,13-17H2,1-2H3,(H,24,27). The van der Waals surface area contributed by atoms with E-state index in [1.54, 1.807) is 29.2 Å². The molecule has 1 saturated heterocycles. The Morgan fingerprint density at radius 2 is 1.68 bits per heavy atom. The number of para-hydroxylation sites is 1. The molecule has 1 heterocycles. The van der Waals surface area contributed by atoms with E-state index >= 15 is 0 Å². The number of carbonyl (C=O) groups excluding carboxylic acids is 2. The van der Waals surface area contributed by atoms with Crippen LogP contribution in [0, 0.1) is 5.92 Å². The second-order valence-corrected chi connectivity index (χ2v) is 7.47. The Hall–Kier alpha value is -2.66. The second kappa shape index (κ2) is 9.51. The van der Waals surface area contributed by atoms with Crippen molar-refractivity contribution in [3.63, 3.8) is 0 Å². The number of anilines is 2. The molecule has 2 aromatic carbocycles. The molecule has 0 bridgehead atoms. The van der Waals surface area contributed by atoms with Crippen molar-refractivity contribution in [3.05, 3.63) is 60.2 Å². The van der Waals surface area contributed by atoms with E-state index in [0.717, 1.165) is 43.2 Å². The zero-order valence-corrected chi connectivity index (χ0v) is 16.7. The molecule has 3 rings (SSSR count). The van der Waals surface area contributed by atoms with Crippen LogP contribution in [0.25, 0.3) is 0 Å². The normalized spacial score (nSPS) is 15.2. The molecule has 2 amide bonds. The summed E-state index contributed by atoms with van der Waals surface area (Å²) in [6.45, 7) is 7.20. The van der Waals surface area contributed by atoms with Gasteiger partial charge in [0.05, 0.1) is 6.54 Å². The van der Waals surface area contributed by atoms with Gasteiger partial charge in [0, 0.05) is 23.5 Å². The zero-order valence-electron chi connectivity index (χ0n) is 16.7. The molecule has 2 aromatic rings. The maximum Gasteiger partial charge on any atom is 0.258 e. The highest BCUT2D eigenvalue weighted by Gasteiger charge is 2.18. The molecule has 1 N–H and O–H groups in total. The predicted octanol–water partition coefficient (Wildman–Crippen LogP) is 4.02. The largest absolute Gasteiger partial charge is 0.325 e. The fourth-order valence-electron chi connectivity index (χ4n) is 3.53. The van der Waals surface area contributed by atoms with E-state index in [0.29, 0.717) is 18.7 Å². The molecule has 0 radical (unpaired) electrons. The minimum absolute atomic E-state index is 0.00639. The van der Waals surface area contributed by atoms with Crippen molar-refractivity contribution in [1.82, 2.24) is 4.90 Å². The van der Waals surface area contributed by atoms with Crippen molar-refractivity contribution in [2.45, 2.75) is 26.7 Å². The van der Waals surface area contributed by atoms with E-state index in [1.165, 1.54) is 0 Å². The minimum atomic E-state index is -0.0472. The van der Waals surface area contributed by atoms with Crippen LogP contribution in [0.3, 0.4) is 0 Å². The summed E-state index contributed by atoms with van der Waals surface area (Å²) in [4.78, 5) is 29.1. The molecule has 28 heavy (non-hydrogen) atoms. The number of piperidine rings is 1. The number of benzene rings is 2. The molecule has 1 aliphatic heterocycles. The van der Waals surface area contributed by atoms with Gasteiger partial charge in [0.2, 0.25) is 5.91 Å². The first-order valence-corrected chi connectivity index (χ1v) is 10.1. The molecule has 1 aliphatic rings. The smallest absolute Gasteiger partial charge is 0.258 e. The summed E-state index contributed by atoms with van der Waals surface area (Å²) in [6, 6.07) is 16.8. The van der Waals surface area contributed by atoms with Gasteiger partial charge in [-0.3, -0.25) is 14.5 Å². The number of nitrogens with zero attached hydrogens (tertiary/aromatic N) is 2. The highest BCUT2D eigenvalue weighted by molar-refractivity contribution is 6.06. The van der Waals surface area contributed by atoms with E-state index in [2.05, 4.69) is 17.1 Å². The molecule has 5 heteroatoms. The van der Waals surface area contributed by atoms with Gasteiger partial charge in [-0.25, -0.2) is 0 Å². The van der Waals surface area contributed by atoms with Gasteiger partial charge in [0.15, 0.2) is 0 Å². The third-order valence-electron chi connectivity index (χ3n) is 5.29. The van der Waals surface area contributed by atoms with Crippen LogP contribution >= 0.6 is 0 Å². The van der Waals surface area contributed by atoms with E-state index in [1.807, 2.05) is 37.3 Å². The molecule has 148 valence electrons. The van der Waals surface area contributed by atoms with E-state index in [-0.39, 0.29) is 11.8 Å². The minimum Gasteiger partial charge on any atom is -0.325 e. The van der Waals surface area contributed by atoms with Gasteiger partial charge < -0.3 is 10.2 Å². The number of rotatable bonds is 6. The molecule has 0 unspecified atom stereocenters. The average molecular weight is 380 g/mol. The van der Waals surface area contributed by atoms with Crippen LogP contribution in [0.2, 0.25) is 0 Å². The lowest BCUT2D eigenvalue weighted by atomic mass is 9.99. The summed E-state index contributed by atoms with van der Waals surface area (Å²) >= 11 is 0. The van der Waals surface area contributed by atoms with Crippen LogP contribution in [0.4, 0.5) is 11.4 Å². The molecule has 0 spiro atoms. The number of likely N-dealkylation sites (tertiary alicyclic amines) is 1. The number of hydrogen-bond acceptors (Lipinski definition) is 3. The molecular weight excluding hydrogens is 350 g/mol. The van der Waals surface area contributed by atoms with E-state index in [9.17, 15) is 9.59 Å². The van der Waals surface area contributed by atoms with Crippen molar-refractivity contribution in [2.75, 3.05) is 36.4 Å². The van der Waals surface area contributed by atoms with Crippen molar-refractivity contribution >= 4 is 23.2 Å². The Morgan fingerprint density at radius 1 is 1.04 bits per heavy atom. The molecule has 0 saturated carbocycles. The Kier molecular flexibility index (Phi) is 6.82. The Morgan fingerprint density at radius 3 is 2.29 bits per heavy atom. The summed E-state index contributed by atoms with van der Waals surface area (Å²) in [5.74, 6) is 0.699. The predicted molar refractivity (Wildman–Crippen MR) is 114 cm³/mol. The second-order valence-electron chi connectivity index (χ2n) is 7.47.